The molecule has 0 atom stereocenters. The van der Waals surface area contributed by atoms with E-state index >= 15 is 0 Å². The van der Waals surface area contributed by atoms with Crippen molar-refractivity contribution in [3.8, 4) is 0 Å². The van der Waals surface area contributed by atoms with Crippen LogP contribution in [0.3, 0.4) is 0 Å². The summed E-state index contributed by atoms with van der Waals surface area (Å²) in [6, 6.07) is 6.42. The summed E-state index contributed by atoms with van der Waals surface area (Å²) in [5, 5.41) is 4.35. The lowest BCUT2D eigenvalue weighted by Gasteiger charge is -2.34. The number of aryl methyl sites for hydroxylation is 2. The normalized spacial score (nSPS) is 15.6. The van der Waals surface area contributed by atoms with Crippen LogP contribution in [-0.4, -0.2) is 70.6 Å². The number of alkyl halides is 4. The minimum absolute atomic E-state index is 0.156. The predicted molar refractivity (Wildman–Crippen MR) is 106 cm³/mol. The first-order chi connectivity index (χ1) is 14.7. The Hall–Kier alpha value is -2.46. The highest BCUT2D eigenvalue weighted by Crippen LogP contribution is 2.23. The van der Waals surface area contributed by atoms with E-state index in [1.165, 1.54) is 0 Å². The Bertz CT molecular complexity index is 895. The zero-order valence-corrected chi connectivity index (χ0v) is 17.5. The van der Waals surface area contributed by atoms with Gasteiger partial charge in [0.05, 0.1) is 12.3 Å². The largest absolute Gasteiger partial charge is 0.370 e. The lowest BCUT2D eigenvalue weighted by Crippen LogP contribution is -2.48. The Morgan fingerprint density at radius 1 is 1.23 bits per heavy atom. The van der Waals surface area contributed by atoms with Crippen LogP contribution in [0.4, 0.5) is 17.6 Å². The molecule has 0 radical (unpaired) electrons. The van der Waals surface area contributed by atoms with Crippen LogP contribution in [0.1, 0.15) is 27.2 Å². The van der Waals surface area contributed by atoms with E-state index in [2.05, 4.69) is 10.00 Å². The molecule has 0 saturated carbocycles. The molecule has 2 heterocycles. The summed E-state index contributed by atoms with van der Waals surface area (Å²) in [7, 11) is 1.89. The molecule has 0 unspecified atom stereocenters. The van der Waals surface area contributed by atoms with E-state index in [0.29, 0.717) is 24.2 Å². The number of carbonyl (C=O) groups excluding carboxylic acids is 1. The van der Waals surface area contributed by atoms with Crippen molar-refractivity contribution in [3.63, 3.8) is 0 Å². The van der Waals surface area contributed by atoms with E-state index in [0.717, 1.165) is 30.9 Å². The van der Waals surface area contributed by atoms with Crippen molar-refractivity contribution >= 4 is 5.91 Å². The molecule has 1 aromatic carbocycles. The lowest BCUT2D eigenvalue weighted by molar-refractivity contribution is -0.168. The summed E-state index contributed by atoms with van der Waals surface area (Å²) in [5.41, 5.74) is 3.04. The monoisotopic (exact) mass is 442 g/mol. The minimum Gasteiger partial charge on any atom is -0.370 e. The quantitative estimate of drug-likeness (QED) is 0.590. The number of benzene rings is 1. The van der Waals surface area contributed by atoms with Gasteiger partial charge in [0.2, 0.25) is 0 Å². The molecule has 0 N–H and O–H groups in total. The molecule has 1 aliphatic rings. The van der Waals surface area contributed by atoms with Crippen LogP contribution in [0.5, 0.6) is 0 Å². The second-order valence-corrected chi connectivity index (χ2v) is 7.74. The molecule has 0 aliphatic carbocycles. The first kappa shape index (κ1) is 23.2. The Morgan fingerprint density at radius 3 is 2.55 bits per heavy atom. The fourth-order valence-corrected chi connectivity index (χ4v) is 3.50. The molecule has 1 aromatic heterocycles. The fourth-order valence-electron chi connectivity index (χ4n) is 3.50. The van der Waals surface area contributed by atoms with Crippen LogP contribution < -0.4 is 0 Å². The fraction of sp³-hybridized carbons (Fsp3) is 0.524. The van der Waals surface area contributed by atoms with Crippen LogP contribution in [0, 0.1) is 6.92 Å². The van der Waals surface area contributed by atoms with Crippen molar-refractivity contribution in [2.75, 3.05) is 32.8 Å². The first-order valence-corrected chi connectivity index (χ1v) is 9.99. The molecular weight excluding hydrogens is 416 g/mol. The molecule has 6 nitrogen and oxygen atoms in total. The number of ether oxygens (including phenoxy) is 1. The number of amides is 1. The van der Waals surface area contributed by atoms with Gasteiger partial charge in [-0.25, -0.2) is 8.78 Å². The third-order valence-electron chi connectivity index (χ3n) is 5.23. The second kappa shape index (κ2) is 9.78. The molecule has 2 aromatic rings. The number of halogens is 4. The molecule has 31 heavy (non-hydrogen) atoms. The average Bonchev–Trinajstić information content (AvgIpc) is 3.04. The Balaban J connectivity index is 1.51. The van der Waals surface area contributed by atoms with Crippen LogP contribution in [0.15, 0.2) is 30.5 Å². The molecule has 1 fully saturated rings. The van der Waals surface area contributed by atoms with Gasteiger partial charge in [-0.1, -0.05) is 12.1 Å². The van der Waals surface area contributed by atoms with Crippen LogP contribution in [0.25, 0.3) is 0 Å². The zero-order valence-electron chi connectivity index (χ0n) is 17.5. The molecule has 1 amide bonds. The molecule has 0 spiro atoms. The van der Waals surface area contributed by atoms with E-state index < -0.39 is 19.0 Å². The van der Waals surface area contributed by atoms with Crippen molar-refractivity contribution in [1.82, 2.24) is 19.6 Å². The van der Waals surface area contributed by atoms with Crippen LogP contribution >= 0.6 is 0 Å². The summed E-state index contributed by atoms with van der Waals surface area (Å²) in [6.45, 7) is 3.69. The minimum atomic E-state index is -4.19. The maximum Gasteiger partial charge on any atom is 0.330 e. The number of piperazine rings is 1. The molecule has 1 aliphatic heterocycles. The van der Waals surface area contributed by atoms with E-state index in [-0.39, 0.29) is 12.5 Å². The third-order valence-corrected chi connectivity index (χ3v) is 5.23. The highest BCUT2D eigenvalue weighted by Gasteiger charge is 2.40. The second-order valence-electron chi connectivity index (χ2n) is 7.74. The number of rotatable bonds is 8. The summed E-state index contributed by atoms with van der Waals surface area (Å²) in [5.74, 6) is -4.35. The number of hydrogen-bond acceptors (Lipinski definition) is 4. The summed E-state index contributed by atoms with van der Waals surface area (Å²) in [4.78, 5) is 16.8. The molecule has 3 rings (SSSR count). The number of aromatic nitrogens is 2. The van der Waals surface area contributed by atoms with Gasteiger partial charge in [0.15, 0.2) is 0 Å². The first-order valence-electron chi connectivity index (χ1n) is 9.99. The molecular formula is C21H26F4N4O2. The van der Waals surface area contributed by atoms with Crippen LogP contribution in [-0.2, 0) is 24.9 Å². The summed E-state index contributed by atoms with van der Waals surface area (Å²) < 4.78 is 56.8. The highest BCUT2D eigenvalue weighted by atomic mass is 19.3. The van der Waals surface area contributed by atoms with Gasteiger partial charge >= 0.3 is 12.3 Å². The maximum absolute atomic E-state index is 12.9. The van der Waals surface area contributed by atoms with Crippen molar-refractivity contribution < 1.29 is 27.1 Å². The van der Waals surface area contributed by atoms with Crippen LogP contribution in [0.2, 0.25) is 0 Å². The molecule has 1 saturated heterocycles. The van der Waals surface area contributed by atoms with E-state index in [9.17, 15) is 22.4 Å². The van der Waals surface area contributed by atoms with Gasteiger partial charge in [-0.2, -0.15) is 13.9 Å². The van der Waals surface area contributed by atoms with Crippen molar-refractivity contribution in [3.05, 3.63) is 52.8 Å². The van der Waals surface area contributed by atoms with E-state index in [4.69, 9.17) is 4.74 Å². The van der Waals surface area contributed by atoms with E-state index in [1.807, 2.05) is 20.2 Å². The Morgan fingerprint density at radius 2 is 1.94 bits per heavy atom. The molecule has 170 valence electrons. The van der Waals surface area contributed by atoms with Gasteiger partial charge in [0.25, 0.3) is 5.91 Å². The average molecular weight is 442 g/mol. The zero-order chi connectivity index (χ0) is 22.6. The van der Waals surface area contributed by atoms with Gasteiger partial charge in [-0.3, -0.25) is 14.4 Å². The Kier molecular flexibility index (Phi) is 7.32. The van der Waals surface area contributed by atoms with Gasteiger partial charge in [0, 0.05) is 57.1 Å². The lowest BCUT2D eigenvalue weighted by atomic mass is 10.1. The van der Waals surface area contributed by atoms with Gasteiger partial charge in [0.1, 0.15) is 6.61 Å². The van der Waals surface area contributed by atoms with Gasteiger partial charge in [-0.15, -0.1) is 0 Å². The number of carbonyl (C=O) groups is 1. The number of nitrogens with zero attached hydrogens (tertiary/aromatic N) is 4. The van der Waals surface area contributed by atoms with Crippen molar-refractivity contribution in [1.29, 1.82) is 0 Å². The third kappa shape index (κ3) is 6.04. The predicted octanol–water partition coefficient (Wildman–Crippen LogP) is 3.10. The maximum atomic E-state index is 12.9. The standard InChI is InChI=1S/C21H26F4N4O2/c1-15-18(11-27(2)26-15)12-28-6-8-29(9-7-28)19(30)17-5-3-4-16(10-17)13-31-14-21(24,25)20(22)23/h3-5,10-11,20H,6-9,12-14H2,1-2H3. The summed E-state index contributed by atoms with van der Waals surface area (Å²) >= 11 is 0. The number of hydrogen-bond donors (Lipinski definition) is 0. The van der Waals surface area contributed by atoms with E-state index in [1.54, 1.807) is 33.8 Å². The van der Waals surface area contributed by atoms with Crippen molar-refractivity contribution in [2.45, 2.75) is 32.4 Å². The molecule has 10 heteroatoms. The van der Waals surface area contributed by atoms with Gasteiger partial charge in [-0.05, 0) is 24.6 Å². The molecule has 0 bridgehead atoms. The topological polar surface area (TPSA) is 50.6 Å². The smallest absolute Gasteiger partial charge is 0.330 e. The van der Waals surface area contributed by atoms with Crippen molar-refractivity contribution in [2.24, 2.45) is 7.05 Å². The highest BCUT2D eigenvalue weighted by molar-refractivity contribution is 5.94. The van der Waals surface area contributed by atoms with Gasteiger partial charge < -0.3 is 9.64 Å². The SMILES string of the molecule is Cc1nn(C)cc1CN1CCN(C(=O)c2cccc(COCC(F)(F)C(F)F)c2)CC1. The Labute approximate surface area is 178 Å². The summed E-state index contributed by atoms with van der Waals surface area (Å²) in [6.07, 6.45) is -1.78.